The van der Waals surface area contributed by atoms with Gasteiger partial charge in [-0.1, -0.05) is 12.1 Å². The van der Waals surface area contributed by atoms with Crippen LogP contribution in [0.25, 0.3) is 0 Å². The third kappa shape index (κ3) is 3.20. The lowest BCUT2D eigenvalue weighted by Gasteiger charge is -2.10. The zero-order chi connectivity index (χ0) is 15.6. The Morgan fingerprint density at radius 2 is 2.00 bits per heavy atom. The molecule has 2 N–H and O–H groups in total. The molecule has 0 atom stereocenters. The molecular weight excluding hydrogens is 291 g/mol. The van der Waals surface area contributed by atoms with Gasteiger partial charge in [0.05, 0.1) is 28.0 Å². The van der Waals surface area contributed by atoms with Crippen molar-refractivity contribution in [1.82, 2.24) is 0 Å². The number of hydrogen-bond acceptors (Lipinski definition) is 4. The Balaban J connectivity index is 2.45. The molecule has 0 saturated carbocycles. The van der Waals surface area contributed by atoms with Crippen molar-refractivity contribution in [1.29, 1.82) is 5.26 Å². The second-order valence-corrected chi connectivity index (χ2v) is 6.66. The lowest BCUT2D eigenvalue weighted by molar-refractivity contribution is 0.595. The fourth-order valence-electron chi connectivity index (χ4n) is 2.02. The maximum absolute atomic E-state index is 13.4. The van der Waals surface area contributed by atoms with Gasteiger partial charge in [0.15, 0.2) is 9.84 Å². The van der Waals surface area contributed by atoms with E-state index in [9.17, 15) is 12.8 Å². The Morgan fingerprint density at radius 1 is 1.29 bits per heavy atom. The molecule has 6 heteroatoms. The predicted octanol–water partition coefficient (Wildman–Crippen LogP) is 2.56. The molecule has 0 aliphatic heterocycles. The molecule has 21 heavy (non-hydrogen) atoms. The van der Waals surface area contributed by atoms with Gasteiger partial charge in [-0.2, -0.15) is 5.26 Å². The van der Waals surface area contributed by atoms with E-state index in [0.29, 0.717) is 5.56 Å². The van der Waals surface area contributed by atoms with E-state index in [-0.39, 0.29) is 21.7 Å². The molecule has 0 unspecified atom stereocenters. The number of nitrogens with zero attached hydrogens (tertiary/aromatic N) is 1. The third-order valence-corrected chi connectivity index (χ3v) is 4.80. The van der Waals surface area contributed by atoms with Gasteiger partial charge < -0.3 is 5.73 Å². The average molecular weight is 304 g/mol. The van der Waals surface area contributed by atoms with Crippen LogP contribution >= 0.6 is 0 Å². The molecule has 0 radical (unpaired) electrons. The highest BCUT2D eigenvalue weighted by molar-refractivity contribution is 7.90. The fourth-order valence-corrected chi connectivity index (χ4v) is 3.56. The molecule has 2 aromatic carbocycles. The van der Waals surface area contributed by atoms with Crippen molar-refractivity contribution >= 4 is 15.5 Å². The smallest absolute Gasteiger partial charge is 0.184 e. The number of nitrogens with two attached hydrogens (primary N) is 1. The van der Waals surface area contributed by atoms with Gasteiger partial charge >= 0.3 is 0 Å². The van der Waals surface area contributed by atoms with Gasteiger partial charge in [0.25, 0.3) is 0 Å². The van der Waals surface area contributed by atoms with E-state index in [0.717, 1.165) is 12.1 Å². The van der Waals surface area contributed by atoms with Crippen LogP contribution in [0.15, 0.2) is 41.3 Å². The number of para-hydroxylation sites is 1. The van der Waals surface area contributed by atoms with Crippen LogP contribution in [-0.4, -0.2) is 8.42 Å². The Bertz CT molecular complexity index is 839. The van der Waals surface area contributed by atoms with Crippen LogP contribution in [0.1, 0.15) is 16.7 Å². The summed E-state index contributed by atoms with van der Waals surface area (Å²) in [6.07, 6.45) is 0. The van der Waals surface area contributed by atoms with Crippen LogP contribution in [0.3, 0.4) is 0 Å². The minimum Gasteiger partial charge on any atom is -0.397 e. The normalized spacial score (nSPS) is 11.1. The number of hydrogen-bond donors (Lipinski definition) is 1. The van der Waals surface area contributed by atoms with Gasteiger partial charge in [-0.05, 0) is 42.3 Å². The van der Waals surface area contributed by atoms with Gasteiger partial charge in [-0.15, -0.1) is 0 Å². The number of halogens is 1. The average Bonchev–Trinajstić information content (AvgIpc) is 2.40. The van der Waals surface area contributed by atoms with Gasteiger partial charge in [-0.25, -0.2) is 12.8 Å². The summed E-state index contributed by atoms with van der Waals surface area (Å²) >= 11 is 0. The summed E-state index contributed by atoms with van der Waals surface area (Å²) in [5, 5.41) is 8.80. The molecule has 0 spiro atoms. The molecular formula is C15H13FN2O2S. The van der Waals surface area contributed by atoms with Crippen LogP contribution in [0.4, 0.5) is 10.1 Å². The zero-order valence-electron chi connectivity index (χ0n) is 11.3. The topological polar surface area (TPSA) is 84.0 Å². The second kappa shape index (κ2) is 5.54. The third-order valence-electron chi connectivity index (χ3n) is 3.06. The van der Waals surface area contributed by atoms with Gasteiger partial charge in [-0.3, -0.25) is 0 Å². The minimum absolute atomic E-state index is 0.0188. The Hall–Kier alpha value is -2.39. The standard InChI is InChI=1S/C15H13FN2O2S/c1-10-3-2-4-14(15(10)18)21(19,20)9-12-5-11(8-17)6-13(16)7-12/h2-7H,9,18H2,1H3. The van der Waals surface area contributed by atoms with Crippen molar-refractivity contribution in [3.8, 4) is 6.07 Å². The van der Waals surface area contributed by atoms with Crippen molar-refractivity contribution in [2.45, 2.75) is 17.6 Å². The predicted molar refractivity (Wildman–Crippen MR) is 77.6 cm³/mol. The first-order valence-corrected chi connectivity index (χ1v) is 7.76. The second-order valence-electron chi connectivity index (χ2n) is 4.71. The van der Waals surface area contributed by atoms with Crippen molar-refractivity contribution < 1.29 is 12.8 Å². The number of benzene rings is 2. The first kappa shape index (κ1) is 15.0. The van der Waals surface area contributed by atoms with E-state index in [1.54, 1.807) is 25.1 Å². The van der Waals surface area contributed by atoms with Crippen LogP contribution in [-0.2, 0) is 15.6 Å². The van der Waals surface area contributed by atoms with Crippen LogP contribution < -0.4 is 5.73 Å². The van der Waals surface area contributed by atoms with Gasteiger partial charge in [0, 0.05) is 0 Å². The maximum atomic E-state index is 13.4. The Labute approximate surface area is 122 Å². The minimum atomic E-state index is -3.71. The lowest BCUT2D eigenvalue weighted by atomic mass is 10.1. The molecule has 0 aromatic heterocycles. The molecule has 0 bridgehead atoms. The highest BCUT2D eigenvalue weighted by Gasteiger charge is 2.19. The monoisotopic (exact) mass is 304 g/mol. The summed E-state index contributed by atoms with van der Waals surface area (Å²) < 4.78 is 38.2. The van der Waals surface area contributed by atoms with Crippen LogP contribution in [0, 0.1) is 24.1 Å². The number of anilines is 1. The first-order valence-electron chi connectivity index (χ1n) is 6.11. The Kier molecular flexibility index (Phi) is 3.96. The lowest BCUT2D eigenvalue weighted by Crippen LogP contribution is -2.09. The van der Waals surface area contributed by atoms with E-state index in [2.05, 4.69) is 0 Å². The molecule has 0 aliphatic carbocycles. The number of nitrogen functional groups attached to an aromatic ring is 1. The van der Waals surface area contributed by atoms with Crippen molar-refractivity contribution in [2.75, 3.05) is 5.73 Å². The maximum Gasteiger partial charge on any atom is 0.184 e. The molecule has 0 saturated heterocycles. The quantitative estimate of drug-likeness (QED) is 0.883. The fraction of sp³-hybridized carbons (Fsp3) is 0.133. The first-order chi connectivity index (χ1) is 9.83. The number of sulfone groups is 1. The number of aryl methyl sites for hydroxylation is 1. The SMILES string of the molecule is Cc1cccc(S(=O)(=O)Cc2cc(F)cc(C#N)c2)c1N. The molecule has 0 heterocycles. The molecule has 0 amide bonds. The van der Waals surface area contributed by atoms with Crippen LogP contribution in [0.5, 0.6) is 0 Å². The van der Waals surface area contributed by atoms with E-state index in [4.69, 9.17) is 11.0 Å². The summed E-state index contributed by atoms with van der Waals surface area (Å²) in [4.78, 5) is 0.0188. The molecule has 2 rings (SSSR count). The van der Waals surface area contributed by atoms with Gasteiger partial charge in [0.1, 0.15) is 5.82 Å². The number of rotatable bonds is 3. The molecule has 0 fully saturated rings. The van der Waals surface area contributed by atoms with Crippen molar-refractivity contribution in [3.63, 3.8) is 0 Å². The largest absolute Gasteiger partial charge is 0.397 e. The van der Waals surface area contributed by atoms with E-state index in [1.165, 1.54) is 12.1 Å². The Morgan fingerprint density at radius 3 is 2.67 bits per heavy atom. The summed E-state index contributed by atoms with van der Waals surface area (Å²) in [6, 6.07) is 10.0. The molecule has 108 valence electrons. The summed E-state index contributed by atoms with van der Waals surface area (Å²) in [7, 11) is -3.71. The summed E-state index contributed by atoms with van der Waals surface area (Å²) in [6.45, 7) is 1.71. The van der Waals surface area contributed by atoms with Crippen LogP contribution in [0.2, 0.25) is 0 Å². The zero-order valence-corrected chi connectivity index (χ0v) is 12.1. The van der Waals surface area contributed by atoms with E-state index in [1.807, 2.05) is 0 Å². The molecule has 0 aliphatic rings. The van der Waals surface area contributed by atoms with E-state index < -0.39 is 21.4 Å². The summed E-state index contributed by atoms with van der Waals surface area (Å²) in [5.41, 5.74) is 6.95. The highest BCUT2D eigenvalue weighted by Crippen LogP contribution is 2.25. The highest BCUT2D eigenvalue weighted by atomic mass is 32.2. The van der Waals surface area contributed by atoms with Crippen molar-refractivity contribution in [3.05, 3.63) is 58.9 Å². The molecule has 4 nitrogen and oxygen atoms in total. The number of nitriles is 1. The summed E-state index contributed by atoms with van der Waals surface area (Å²) in [5.74, 6) is -1.05. The van der Waals surface area contributed by atoms with Crippen molar-refractivity contribution in [2.24, 2.45) is 0 Å². The molecule has 2 aromatic rings. The van der Waals surface area contributed by atoms with E-state index >= 15 is 0 Å². The van der Waals surface area contributed by atoms with Gasteiger partial charge in [0.2, 0.25) is 0 Å².